The quantitative estimate of drug-likeness (QED) is 0.852. The van der Waals surface area contributed by atoms with Crippen molar-refractivity contribution in [3.8, 4) is 0 Å². The summed E-state index contributed by atoms with van der Waals surface area (Å²) >= 11 is 0. The molecule has 0 bridgehead atoms. The van der Waals surface area contributed by atoms with E-state index in [0.717, 1.165) is 12.8 Å². The Morgan fingerprint density at radius 3 is 2.65 bits per heavy atom. The van der Waals surface area contributed by atoms with Crippen molar-refractivity contribution in [3.63, 3.8) is 0 Å². The topological polar surface area (TPSA) is 74.7 Å². The second kappa shape index (κ2) is 6.02. The zero-order valence-corrected chi connectivity index (χ0v) is 13.1. The Bertz CT molecular complexity index is 462. The number of carbonyl (C=O) groups is 1. The maximum Gasteiger partial charge on any atom is 0.304 e. The van der Waals surface area contributed by atoms with Gasteiger partial charge in [-0.2, -0.15) is 0 Å². The smallest absolute Gasteiger partial charge is 0.304 e. The third-order valence-corrected chi connectivity index (χ3v) is 6.52. The van der Waals surface area contributed by atoms with Crippen LogP contribution in [0.2, 0.25) is 0 Å². The second-order valence-electron chi connectivity index (χ2n) is 6.57. The predicted octanol–water partition coefficient (Wildman–Crippen LogP) is 1.38. The molecule has 6 heteroatoms. The minimum absolute atomic E-state index is 0.00307. The fourth-order valence-corrected chi connectivity index (χ4v) is 5.23. The monoisotopic (exact) mass is 303 g/mol. The molecule has 0 radical (unpaired) electrons. The Balaban J connectivity index is 2.16. The molecule has 1 N–H and O–H groups in total. The molecule has 1 aliphatic carbocycles. The molecular formula is C14H25NO4S. The molecule has 1 saturated heterocycles. The fourth-order valence-electron chi connectivity index (χ4n) is 3.68. The minimum Gasteiger partial charge on any atom is -0.481 e. The summed E-state index contributed by atoms with van der Waals surface area (Å²) < 4.78 is 23.6. The van der Waals surface area contributed by atoms with Gasteiger partial charge in [0.1, 0.15) is 0 Å². The van der Waals surface area contributed by atoms with Gasteiger partial charge in [0.2, 0.25) is 0 Å². The average molecular weight is 303 g/mol. The first-order valence-corrected chi connectivity index (χ1v) is 9.28. The third-order valence-electron chi connectivity index (χ3n) is 4.83. The summed E-state index contributed by atoms with van der Waals surface area (Å²) in [4.78, 5) is 13.2. The second-order valence-corrected chi connectivity index (χ2v) is 8.80. The number of rotatable bonds is 3. The summed E-state index contributed by atoms with van der Waals surface area (Å²) in [5.41, 5.74) is 0. The molecule has 0 amide bonds. The van der Waals surface area contributed by atoms with Crippen molar-refractivity contribution in [2.75, 3.05) is 18.1 Å². The van der Waals surface area contributed by atoms with Crippen LogP contribution >= 0.6 is 0 Å². The van der Waals surface area contributed by atoms with Gasteiger partial charge in [0.25, 0.3) is 0 Å². The van der Waals surface area contributed by atoms with E-state index in [4.69, 9.17) is 5.11 Å². The molecule has 1 saturated carbocycles. The summed E-state index contributed by atoms with van der Waals surface area (Å²) in [5.74, 6) is 0.412. The molecule has 20 heavy (non-hydrogen) atoms. The zero-order chi connectivity index (χ0) is 14.9. The van der Waals surface area contributed by atoms with E-state index in [-0.39, 0.29) is 24.0 Å². The SMILES string of the molecule is CC1CCC(C)C(N2CCS(=O)(=O)CC2CC(=O)O)C1. The molecule has 4 unspecified atom stereocenters. The molecular weight excluding hydrogens is 278 g/mol. The van der Waals surface area contributed by atoms with Crippen molar-refractivity contribution in [2.24, 2.45) is 11.8 Å². The molecule has 1 aliphatic heterocycles. The first-order valence-electron chi connectivity index (χ1n) is 7.46. The van der Waals surface area contributed by atoms with E-state index in [0.29, 0.717) is 24.4 Å². The highest BCUT2D eigenvalue weighted by Crippen LogP contribution is 2.34. The summed E-state index contributed by atoms with van der Waals surface area (Å²) in [5, 5.41) is 9.05. The van der Waals surface area contributed by atoms with E-state index in [1.165, 1.54) is 6.42 Å². The Labute approximate surface area is 121 Å². The van der Waals surface area contributed by atoms with Gasteiger partial charge in [-0.05, 0) is 24.7 Å². The maximum atomic E-state index is 11.8. The van der Waals surface area contributed by atoms with Crippen molar-refractivity contribution < 1.29 is 18.3 Å². The van der Waals surface area contributed by atoms with Gasteiger partial charge < -0.3 is 5.11 Å². The number of carboxylic acids is 1. The number of sulfone groups is 1. The zero-order valence-electron chi connectivity index (χ0n) is 12.3. The van der Waals surface area contributed by atoms with E-state index in [1.807, 2.05) is 0 Å². The number of hydrogen-bond acceptors (Lipinski definition) is 4. The van der Waals surface area contributed by atoms with Gasteiger partial charge in [0.05, 0.1) is 17.9 Å². The van der Waals surface area contributed by atoms with E-state index >= 15 is 0 Å². The van der Waals surface area contributed by atoms with Crippen LogP contribution in [0.25, 0.3) is 0 Å². The van der Waals surface area contributed by atoms with Crippen LogP contribution in [0.4, 0.5) is 0 Å². The van der Waals surface area contributed by atoms with Crippen LogP contribution in [0.1, 0.15) is 39.5 Å². The molecule has 5 nitrogen and oxygen atoms in total. The fraction of sp³-hybridized carbons (Fsp3) is 0.929. The average Bonchev–Trinajstić information content (AvgIpc) is 2.31. The highest BCUT2D eigenvalue weighted by molar-refractivity contribution is 7.91. The van der Waals surface area contributed by atoms with Crippen LogP contribution < -0.4 is 0 Å². The van der Waals surface area contributed by atoms with Gasteiger partial charge in [-0.1, -0.05) is 20.3 Å². The first kappa shape index (κ1) is 15.8. The van der Waals surface area contributed by atoms with Crippen molar-refractivity contribution in [1.29, 1.82) is 0 Å². The van der Waals surface area contributed by atoms with E-state index in [1.54, 1.807) is 0 Å². The van der Waals surface area contributed by atoms with E-state index in [2.05, 4.69) is 18.7 Å². The highest BCUT2D eigenvalue weighted by Gasteiger charge is 2.39. The molecule has 116 valence electrons. The lowest BCUT2D eigenvalue weighted by molar-refractivity contribution is -0.138. The van der Waals surface area contributed by atoms with Crippen molar-refractivity contribution in [2.45, 2.75) is 51.6 Å². The van der Waals surface area contributed by atoms with Crippen molar-refractivity contribution in [1.82, 2.24) is 4.90 Å². The van der Waals surface area contributed by atoms with Gasteiger partial charge in [-0.15, -0.1) is 0 Å². The molecule has 0 aromatic carbocycles. The van der Waals surface area contributed by atoms with Crippen molar-refractivity contribution in [3.05, 3.63) is 0 Å². The molecule has 4 atom stereocenters. The molecule has 2 rings (SSSR count). The molecule has 1 heterocycles. The largest absolute Gasteiger partial charge is 0.481 e. The summed E-state index contributed by atoms with van der Waals surface area (Å²) in [6.07, 6.45) is 3.34. The van der Waals surface area contributed by atoms with E-state index in [9.17, 15) is 13.2 Å². The summed E-state index contributed by atoms with van der Waals surface area (Å²) in [6.45, 7) is 4.92. The van der Waals surface area contributed by atoms with Crippen LogP contribution in [0.5, 0.6) is 0 Å². The van der Waals surface area contributed by atoms with Gasteiger partial charge in [-0.3, -0.25) is 9.69 Å². The van der Waals surface area contributed by atoms with Crippen LogP contribution in [-0.2, 0) is 14.6 Å². The minimum atomic E-state index is -3.09. The Morgan fingerprint density at radius 2 is 2.00 bits per heavy atom. The lowest BCUT2D eigenvalue weighted by Gasteiger charge is -2.46. The van der Waals surface area contributed by atoms with Crippen LogP contribution in [0.3, 0.4) is 0 Å². The molecule has 2 aliphatic rings. The van der Waals surface area contributed by atoms with Crippen LogP contribution in [0.15, 0.2) is 0 Å². The number of nitrogens with zero attached hydrogens (tertiary/aromatic N) is 1. The Morgan fingerprint density at radius 1 is 1.30 bits per heavy atom. The standard InChI is InChI=1S/C14H25NO4S/c1-10-3-4-11(2)13(7-10)15-5-6-20(18,19)9-12(15)8-14(16)17/h10-13H,3-9H2,1-2H3,(H,16,17). The normalized spacial score (nSPS) is 38.5. The van der Waals surface area contributed by atoms with E-state index < -0.39 is 15.8 Å². The number of carboxylic acid groups (broad SMARTS) is 1. The molecule has 0 aromatic heterocycles. The lowest BCUT2D eigenvalue weighted by atomic mass is 9.78. The van der Waals surface area contributed by atoms with Crippen LogP contribution in [-0.4, -0.2) is 54.5 Å². The number of hydrogen-bond donors (Lipinski definition) is 1. The lowest BCUT2D eigenvalue weighted by Crippen LogP contribution is -2.56. The summed E-state index contributed by atoms with van der Waals surface area (Å²) in [6, 6.07) is -0.0254. The Hall–Kier alpha value is -0.620. The van der Waals surface area contributed by atoms with Gasteiger partial charge in [-0.25, -0.2) is 8.42 Å². The predicted molar refractivity (Wildman–Crippen MR) is 77.4 cm³/mol. The number of aliphatic carboxylic acids is 1. The maximum absolute atomic E-state index is 11.8. The van der Waals surface area contributed by atoms with Gasteiger partial charge in [0.15, 0.2) is 9.84 Å². The summed E-state index contributed by atoms with van der Waals surface area (Å²) in [7, 11) is -3.09. The van der Waals surface area contributed by atoms with Crippen molar-refractivity contribution >= 4 is 15.8 Å². The Kier molecular flexibility index (Phi) is 4.74. The first-order chi connectivity index (χ1) is 9.28. The molecule has 0 aromatic rings. The third kappa shape index (κ3) is 3.73. The van der Waals surface area contributed by atoms with Gasteiger partial charge in [0, 0.05) is 18.6 Å². The van der Waals surface area contributed by atoms with Gasteiger partial charge >= 0.3 is 5.97 Å². The molecule has 0 spiro atoms. The molecule has 2 fully saturated rings. The highest BCUT2D eigenvalue weighted by atomic mass is 32.2. The van der Waals surface area contributed by atoms with Crippen LogP contribution in [0, 0.1) is 11.8 Å².